The molecule has 3 N–H and O–H groups in total. The van der Waals surface area contributed by atoms with Gasteiger partial charge in [-0.25, -0.2) is 0 Å². The van der Waals surface area contributed by atoms with Crippen molar-refractivity contribution in [2.75, 3.05) is 33.4 Å². The van der Waals surface area contributed by atoms with Crippen LogP contribution in [0.4, 0.5) is 0 Å². The largest absolute Gasteiger partial charge is 0.394 e. The summed E-state index contributed by atoms with van der Waals surface area (Å²) in [5.41, 5.74) is 0. The number of aliphatic hydroxyl groups excluding tert-OH is 1. The fourth-order valence-corrected chi connectivity index (χ4v) is 0.868. The summed E-state index contributed by atoms with van der Waals surface area (Å²) in [5, 5.41) is 14.1. The molecule has 0 aliphatic heterocycles. The molecule has 0 rings (SSSR count). The molecule has 1 amide bonds. The first kappa shape index (κ1) is 12.9. The molecule has 1 unspecified atom stereocenters. The van der Waals surface area contributed by atoms with Crippen molar-refractivity contribution in [3.05, 3.63) is 0 Å². The molecule has 0 aromatic rings. The number of amides is 1. The van der Waals surface area contributed by atoms with Crippen LogP contribution in [0.5, 0.6) is 0 Å². The minimum Gasteiger partial charge on any atom is -0.394 e. The summed E-state index contributed by atoms with van der Waals surface area (Å²) in [6.07, 6.45) is 4.99. The predicted molar refractivity (Wildman–Crippen MR) is 52.6 cm³/mol. The van der Waals surface area contributed by atoms with Gasteiger partial charge < -0.3 is 15.2 Å². The lowest BCUT2D eigenvalue weighted by Crippen LogP contribution is -2.44. The van der Waals surface area contributed by atoms with Crippen LogP contribution in [0.3, 0.4) is 0 Å². The van der Waals surface area contributed by atoms with Gasteiger partial charge in [-0.3, -0.25) is 10.1 Å². The third-order valence-electron chi connectivity index (χ3n) is 1.47. The van der Waals surface area contributed by atoms with Crippen molar-refractivity contribution in [2.45, 2.75) is 6.04 Å². The molecule has 1 atom stereocenters. The Bertz CT molecular complexity index is 201. The van der Waals surface area contributed by atoms with Gasteiger partial charge in [0.05, 0.1) is 32.3 Å². The number of nitrogens with one attached hydrogen (secondary N) is 2. The lowest BCUT2D eigenvalue weighted by atomic mass is 10.3. The number of rotatable bonds is 7. The Morgan fingerprint density at radius 3 is 2.93 bits per heavy atom. The average molecular weight is 200 g/mol. The van der Waals surface area contributed by atoms with Crippen LogP contribution >= 0.6 is 0 Å². The Morgan fingerprint density at radius 1 is 1.71 bits per heavy atom. The molecule has 0 saturated carbocycles. The SMILES string of the molecule is C#CCNCC(=O)NC(CO)COC. The van der Waals surface area contributed by atoms with Crippen LogP contribution in [-0.2, 0) is 9.53 Å². The topological polar surface area (TPSA) is 70.6 Å². The lowest BCUT2D eigenvalue weighted by molar-refractivity contribution is -0.121. The van der Waals surface area contributed by atoms with Gasteiger partial charge in [0.25, 0.3) is 0 Å². The first-order valence-corrected chi connectivity index (χ1v) is 4.28. The summed E-state index contributed by atoms with van der Waals surface area (Å²) in [4.78, 5) is 11.2. The first-order valence-electron chi connectivity index (χ1n) is 4.28. The van der Waals surface area contributed by atoms with Crippen LogP contribution in [0.2, 0.25) is 0 Å². The smallest absolute Gasteiger partial charge is 0.234 e. The predicted octanol–water partition coefficient (Wildman–Crippen LogP) is -1.67. The zero-order valence-electron chi connectivity index (χ0n) is 8.25. The summed E-state index contributed by atoms with van der Waals surface area (Å²) in [6, 6.07) is -0.361. The summed E-state index contributed by atoms with van der Waals surface area (Å²) in [7, 11) is 1.51. The highest BCUT2D eigenvalue weighted by Gasteiger charge is 2.09. The molecule has 0 aromatic heterocycles. The van der Waals surface area contributed by atoms with Crippen molar-refractivity contribution in [2.24, 2.45) is 0 Å². The Balaban J connectivity index is 3.63. The highest BCUT2D eigenvalue weighted by Crippen LogP contribution is 1.82. The molecule has 5 nitrogen and oxygen atoms in total. The number of methoxy groups -OCH3 is 1. The third-order valence-corrected chi connectivity index (χ3v) is 1.47. The van der Waals surface area contributed by atoms with Crippen molar-refractivity contribution in [3.8, 4) is 12.3 Å². The molecular weight excluding hydrogens is 184 g/mol. The Kier molecular flexibility index (Phi) is 7.84. The normalized spacial score (nSPS) is 11.8. The van der Waals surface area contributed by atoms with Gasteiger partial charge in [0.1, 0.15) is 0 Å². The van der Waals surface area contributed by atoms with Crippen LogP contribution < -0.4 is 10.6 Å². The molecule has 0 radical (unpaired) electrons. The molecule has 0 saturated heterocycles. The van der Waals surface area contributed by atoms with E-state index in [1.54, 1.807) is 0 Å². The van der Waals surface area contributed by atoms with E-state index in [1.165, 1.54) is 7.11 Å². The van der Waals surface area contributed by atoms with E-state index in [2.05, 4.69) is 16.6 Å². The van der Waals surface area contributed by atoms with E-state index in [1.807, 2.05) is 0 Å². The summed E-state index contributed by atoms with van der Waals surface area (Å²) >= 11 is 0. The number of carbonyl (C=O) groups excluding carboxylic acids is 1. The fraction of sp³-hybridized carbons (Fsp3) is 0.667. The molecule has 0 aliphatic carbocycles. The molecular formula is C9H16N2O3. The molecule has 0 spiro atoms. The van der Waals surface area contributed by atoms with Crippen LogP contribution in [0.25, 0.3) is 0 Å². The van der Waals surface area contributed by atoms with E-state index < -0.39 is 0 Å². The Morgan fingerprint density at radius 2 is 2.43 bits per heavy atom. The Hall–Kier alpha value is -1.09. The van der Waals surface area contributed by atoms with Crippen LogP contribution in [0, 0.1) is 12.3 Å². The van der Waals surface area contributed by atoms with Crippen LogP contribution in [0.1, 0.15) is 0 Å². The lowest BCUT2D eigenvalue weighted by Gasteiger charge is -2.14. The second-order valence-electron chi connectivity index (χ2n) is 2.71. The average Bonchev–Trinajstić information content (AvgIpc) is 2.17. The molecule has 0 bridgehead atoms. The van der Waals surface area contributed by atoms with E-state index in [4.69, 9.17) is 16.3 Å². The van der Waals surface area contributed by atoms with Gasteiger partial charge in [0.2, 0.25) is 5.91 Å². The minimum atomic E-state index is -0.361. The van der Waals surface area contributed by atoms with Gasteiger partial charge in [0, 0.05) is 7.11 Å². The van der Waals surface area contributed by atoms with Gasteiger partial charge in [0.15, 0.2) is 0 Å². The highest BCUT2D eigenvalue weighted by atomic mass is 16.5. The molecule has 0 aliphatic rings. The number of terminal acetylenes is 1. The molecule has 5 heteroatoms. The van der Waals surface area contributed by atoms with Crippen molar-refractivity contribution in [1.82, 2.24) is 10.6 Å². The van der Waals surface area contributed by atoms with E-state index in [-0.39, 0.29) is 31.7 Å². The zero-order valence-corrected chi connectivity index (χ0v) is 8.25. The highest BCUT2D eigenvalue weighted by molar-refractivity contribution is 5.78. The number of ether oxygens (including phenoxy) is 1. The molecule has 0 fully saturated rings. The van der Waals surface area contributed by atoms with Crippen LogP contribution in [-0.4, -0.2) is 50.5 Å². The maximum Gasteiger partial charge on any atom is 0.234 e. The van der Waals surface area contributed by atoms with E-state index >= 15 is 0 Å². The van der Waals surface area contributed by atoms with E-state index in [9.17, 15) is 4.79 Å². The monoisotopic (exact) mass is 200 g/mol. The molecule has 0 aromatic carbocycles. The third kappa shape index (κ3) is 6.43. The standard InChI is InChI=1S/C9H16N2O3/c1-3-4-10-5-9(13)11-8(6-12)7-14-2/h1,8,10,12H,4-7H2,2H3,(H,11,13). The summed E-state index contributed by atoms with van der Waals surface area (Å²) in [6.45, 7) is 0.637. The second kappa shape index (κ2) is 8.51. The van der Waals surface area contributed by atoms with Crippen molar-refractivity contribution >= 4 is 5.91 Å². The van der Waals surface area contributed by atoms with Gasteiger partial charge >= 0.3 is 0 Å². The van der Waals surface area contributed by atoms with Gasteiger partial charge in [-0.15, -0.1) is 6.42 Å². The summed E-state index contributed by atoms with van der Waals surface area (Å²) in [5.74, 6) is 2.14. The number of hydrogen-bond donors (Lipinski definition) is 3. The van der Waals surface area contributed by atoms with Crippen molar-refractivity contribution in [1.29, 1.82) is 0 Å². The number of carbonyl (C=O) groups is 1. The number of aliphatic hydroxyl groups is 1. The molecule has 0 heterocycles. The minimum absolute atomic E-state index is 0.143. The van der Waals surface area contributed by atoms with E-state index in [0.29, 0.717) is 6.54 Å². The maximum absolute atomic E-state index is 11.2. The molecule has 80 valence electrons. The summed E-state index contributed by atoms with van der Waals surface area (Å²) < 4.78 is 4.79. The Labute approximate surface area is 83.8 Å². The maximum atomic E-state index is 11.2. The second-order valence-corrected chi connectivity index (χ2v) is 2.71. The van der Waals surface area contributed by atoms with Crippen molar-refractivity contribution in [3.63, 3.8) is 0 Å². The van der Waals surface area contributed by atoms with Crippen molar-refractivity contribution < 1.29 is 14.6 Å². The van der Waals surface area contributed by atoms with Gasteiger partial charge in [-0.2, -0.15) is 0 Å². The zero-order chi connectivity index (χ0) is 10.8. The fourth-order valence-electron chi connectivity index (χ4n) is 0.868. The molecule has 14 heavy (non-hydrogen) atoms. The van der Waals surface area contributed by atoms with Crippen LogP contribution in [0.15, 0.2) is 0 Å². The quantitative estimate of drug-likeness (QED) is 0.339. The van der Waals surface area contributed by atoms with Gasteiger partial charge in [-0.05, 0) is 0 Å². The number of hydrogen-bond acceptors (Lipinski definition) is 4. The van der Waals surface area contributed by atoms with Gasteiger partial charge in [-0.1, -0.05) is 5.92 Å². The van der Waals surface area contributed by atoms with E-state index in [0.717, 1.165) is 0 Å². The first-order chi connectivity index (χ1) is 6.74.